The van der Waals surface area contributed by atoms with E-state index in [1.807, 2.05) is 0 Å². The molecule has 0 saturated carbocycles. The Kier molecular flexibility index (Phi) is 1.43. The first kappa shape index (κ1) is 6.49. The van der Waals surface area contributed by atoms with Crippen LogP contribution in [0.3, 0.4) is 0 Å². The van der Waals surface area contributed by atoms with Crippen LogP contribution in [-0.2, 0) is 11.3 Å². The molecule has 0 unspecified atom stereocenters. The van der Waals surface area contributed by atoms with E-state index in [0.29, 0.717) is 6.61 Å². The van der Waals surface area contributed by atoms with Crippen molar-refractivity contribution in [2.75, 3.05) is 6.79 Å². The maximum atomic E-state index is 9.07. The highest BCUT2D eigenvalue weighted by atomic mass is 16.7. The Morgan fingerprint density at radius 3 is 3.18 bits per heavy atom. The van der Waals surface area contributed by atoms with Crippen molar-refractivity contribution in [3.05, 3.63) is 23.8 Å². The Labute approximate surface area is 64.2 Å². The second-order valence-electron chi connectivity index (χ2n) is 2.40. The fourth-order valence-corrected chi connectivity index (χ4v) is 1.05. The smallest absolute Gasteiger partial charge is 0.189 e. The molecule has 0 amide bonds. The minimum atomic E-state index is 0.227. The lowest BCUT2D eigenvalue weighted by atomic mass is 10.2. The summed E-state index contributed by atoms with van der Waals surface area (Å²) in [6.45, 7) is 0.839. The Balaban J connectivity index is 2.43. The summed E-state index contributed by atoms with van der Waals surface area (Å²) >= 11 is 0. The molecular weight excluding hydrogens is 144 g/mol. The average Bonchev–Trinajstić information content (AvgIpc) is 2.04. The first-order chi connectivity index (χ1) is 5.36. The third kappa shape index (κ3) is 1.14. The van der Waals surface area contributed by atoms with Gasteiger partial charge in [0.2, 0.25) is 0 Å². The summed E-state index contributed by atoms with van der Waals surface area (Å²) in [5.74, 6) is 0.946. The fraction of sp³-hybridized carbons (Fsp3) is 0.250. The van der Waals surface area contributed by atoms with Gasteiger partial charge in [-0.25, -0.2) is 0 Å². The first-order valence-corrected chi connectivity index (χ1v) is 3.39. The SMILES string of the molecule is Oc1ccc2c(c1)OCOC2. The van der Waals surface area contributed by atoms with Crippen molar-refractivity contribution in [2.24, 2.45) is 0 Å². The molecule has 1 aliphatic heterocycles. The van der Waals surface area contributed by atoms with E-state index in [1.54, 1.807) is 18.2 Å². The quantitative estimate of drug-likeness (QED) is 0.608. The third-order valence-corrected chi connectivity index (χ3v) is 1.61. The number of fused-ring (bicyclic) bond motifs is 1. The van der Waals surface area contributed by atoms with Gasteiger partial charge in [0, 0.05) is 11.6 Å². The standard InChI is InChI=1S/C8H8O3/c9-7-2-1-6-4-10-5-11-8(6)3-7/h1-3,9H,4-5H2. The van der Waals surface area contributed by atoms with Crippen LogP contribution < -0.4 is 4.74 Å². The van der Waals surface area contributed by atoms with Gasteiger partial charge < -0.3 is 14.6 Å². The topological polar surface area (TPSA) is 38.7 Å². The minimum Gasteiger partial charge on any atom is -0.508 e. The van der Waals surface area contributed by atoms with E-state index < -0.39 is 0 Å². The predicted molar refractivity (Wildman–Crippen MR) is 38.4 cm³/mol. The molecule has 11 heavy (non-hydrogen) atoms. The number of hydrogen-bond donors (Lipinski definition) is 1. The summed E-state index contributed by atoms with van der Waals surface area (Å²) in [7, 11) is 0. The molecule has 0 aromatic heterocycles. The Morgan fingerprint density at radius 2 is 2.27 bits per heavy atom. The van der Waals surface area contributed by atoms with Crippen LogP contribution in [0.4, 0.5) is 0 Å². The molecule has 1 aromatic rings. The zero-order valence-corrected chi connectivity index (χ0v) is 5.91. The number of hydrogen-bond acceptors (Lipinski definition) is 3. The molecule has 1 aromatic carbocycles. The molecule has 3 nitrogen and oxygen atoms in total. The van der Waals surface area contributed by atoms with Crippen molar-refractivity contribution in [3.8, 4) is 11.5 Å². The summed E-state index contributed by atoms with van der Waals surface area (Å²) < 4.78 is 10.2. The highest BCUT2D eigenvalue weighted by molar-refractivity contribution is 5.40. The van der Waals surface area contributed by atoms with Gasteiger partial charge in [-0.1, -0.05) is 0 Å². The zero-order valence-electron chi connectivity index (χ0n) is 5.91. The van der Waals surface area contributed by atoms with E-state index in [0.717, 1.165) is 11.3 Å². The molecule has 2 rings (SSSR count). The second-order valence-corrected chi connectivity index (χ2v) is 2.40. The maximum absolute atomic E-state index is 9.07. The molecule has 58 valence electrons. The van der Waals surface area contributed by atoms with Gasteiger partial charge in [0.1, 0.15) is 11.5 Å². The molecule has 1 heterocycles. The third-order valence-electron chi connectivity index (χ3n) is 1.61. The van der Waals surface area contributed by atoms with E-state index >= 15 is 0 Å². The van der Waals surface area contributed by atoms with Crippen LogP contribution in [0.5, 0.6) is 11.5 Å². The molecule has 0 fully saturated rings. The number of rotatable bonds is 0. The van der Waals surface area contributed by atoms with E-state index in [-0.39, 0.29) is 12.5 Å². The summed E-state index contributed by atoms with van der Waals surface area (Å²) in [6.07, 6.45) is 0. The summed E-state index contributed by atoms with van der Waals surface area (Å²) in [4.78, 5) is 0. The van der Waals surface area contributed by atoms with Crippen molar-refractivity contribution >= 4 is 0 Å². The number of phenolic OH excluding ortho intramolecular Hbond substituents is 1. The number of ether oxygens (including phenoxy) is 2. The van der Waals surface area contributed by atoms with Gasteiger partial charge in [-0.15, -0.1) is 0 Å². The van der Waals surface area contributed by atoms with Gasteiger partial charge in [-0.05, 0) is 12.1 Å². The molecular formula is C8H8O3. The average molecular weight is 152 g/mol. The van der Waals surface area contributed by atoms with Crippen molar-refractivity contribution in [1.82, 2.24) is 0 Å². The first-order valence-electron chi connectivity index (χ1n) is 3.39. The second kappa shape index (κ2) is 2.43. The lowest BCUT2D eigenvalue weighted by Gasteiger charge is -2.16. The zero-order chi connectivity index (χ0) is 7.68. The van der Waals surface area contributed by atoms with Crippen LogP contribution in [0.2, 0.25) is 0 Å². The van der Waals surface area contributed by atoms with Crippen molar-refractivity contribution in [2.45, 2.75) is 6.61 Å². The number of aromatic hydroxyl groups is 1. The molecule has 1 N–H and O–H groups in total. The van der Waals surface area contributed by atoms with Crippen LogP contribution in [0.1, 0.15) is 5.56 Å². The van der Waals surface area contributed by atoms with Crippen LogP contribution in [0.25, 0.3) is 0 Å². The van der Waals surface area contributed by atoms with E-state index in [4.69, 9.17) is 14.6 Å². The fourth-order valence-electron chi connectivity index (χ4n) is 1.05. The molecule has 0 radical (unpaired) electrons. The molecule has 0 aliphatic carbocycles. The van der Waals surface area contributed by atoms with Gasteiger partial charge in [-0.2, -0.15) is 0 Å². The van der Waals surface area contributed by atoms with Gasteiger partial charge in [-0.3, -0.25) is 0 Å². The number of benzene rings is 1. The predicted octanol–water partition coefficient (Wildman–Crippen LogP) is 1.26. The Morgan fingerprint density at radius 1 is 1.36 bits per heavy atom. The maximum Gasteiger partial charge on any atom is 0.189 e. The van der Waals surface area contributed by atoms with Crippen molar-refractivity contribution in [3.63, 3.8) is 0 Å². The minimum absolute atomic E-state index is 0.227. The van der Waals surface area contributed by atoms with Crippen molar-refractivity contribution < 1.29 is 14.6 Å². The van der Waals surface area contributed by atoms with Gasteiger partial charge in [0.25, 0.3) is 0 Å². The van der Waals surface area contributed by atoms with Crippen LogP contribution >= 0.6 is 0 Å². The molecule has 0 saturated heterocycles. The van der Waals surface area contributed by atoms with Crippen LogP contribution in [-0.4, -0.2) is 11.9 Å². The molecule has 3 heteroatoms. The molecule has 1 aliphatic rings. The lowest BCUT2D eigenvalue weighted by Crippen LogP contribution is -2.10. The lowest BCUT2D eigenvalue weighted by molar-refractivity contribution is -0.0165. The summed E-state index contributed by atoms with van der Waals surface area (Å²) in [5, 5.41) is 9.07. The largest absolute Gasteiger partial charge is 0.508 e. The molecule has 0 atom stereocenters. The molecule has 0 spiro atoms. The Hall–Kier alpha value is -1.22. The van der Waals surface area contributed by atoms with Gasteiger partial charge in [0.15, 0.2) is 6.79 Å². The number of phenols is 1. The highest BCUT2D eigenvalue weighted by Crippen LogP contribution is 2.27. The monoisotopic (exact) mass is 152 g/mol. The normalized spacial score (nSPS) is 15.3. The molecule has 0 bridgehead atoms. The van der Waals surface area contributed by atoms with Gasteiger partial charge in [0.05, 0.1) is 6.61 Å². The van der Waals surface area contributed by atoms with Crippen LogP contribution in [0, 0.1) is 0 Å². The summed E-state index contributed by atoms with van der Waals surface area (Å²) in [6, 6.07) is 5.01. The summed E-state index contributed by atoms with van der Waals surface area (Å²) in [5.41, 5.74) is 0.981. The van der Waals surface area contributed by atoms with E-state index in [9.17, 15) is 0 Å². The van der Waals surface area contributed by atoms with Crippen LogP contribution in [0.15, 0.2) is 18.2 Å². The highest BCUT2D eigenvalue weighted by Gasteiger charge is 2.09. The van der Waals surface area contributed by atoms with E-state index in [1.165, 1.54) is 0 Å². The van der Waals surface area contributed by atoms with E-state index in [2.05, 4.69) is 0 Å². The van der Waals surface area contributed by atoms with Gasteiger partial charge >= 0.3 is 0 Å². The van der Waals surface area contributed by atoms with Crippen molar-refractivity contribution in [1.29, 1.82) is 0 Å². The Bertz CT molecular complexity index is 270.